The van der Waals surface area contributed by atoms with Crippen LogP contribution >= 0.6 is 11.8 Å². The van der Waals surface area contributed by atoms with Crippen LogP contribution in [0.2, 0.25) is 0 Å². The maximum Gasteiger partial charge on any atom is 0.342 e. The van der Waals surface area contributed by atoms with Crippen LogP contribution < -0.4 is 4.90 Å². The van der Waals surface area contributed by atoms with Crippen molar-refractivity contribution >= 4 is 29.2 Å². The smallest absolute Gasteiger partial charge is 0.342 e. The standard InChI is InChI=1S/C12H15N3O4S/c1-7-5-14(6-8(2)20-7)11-3-9(12(16)17)10(4-13-11)15(18)19/h3-4,7-8H,5-6H2,1-2H3,(H,16,17). The molecule has 1 fully saturated rings. The number of hydrogen-bond acceptors (Lipinski definition) is 6. The number of carboxylic acid groups (broad SMARTS) is 1. The molecule has 0 saturated carbocycles. The Labute approximate surface area is 120 Å². The minimum atomic E-state index is -1.31. The molecule has 20 heavy (non-hydrogen) atoms. The third kappa shape index (κ3) is 3.01. The van der Waals surface area contributed by atoms with Gasteiger partial charge in [0.25, 0.3) is 0 Å². The summed E-state index contributed by atoms with van der Waals surface area (Å²) in [5.41, 5.74) is -0.799. The summed E-state index contributed by atoms with van der Waals surface area (Å²) in [4.78, 5) is 27.2. The first-order chi connectivity index (χ1) is 9.38. The zero-order valence-electron chi connectivity index (χ0n) is 11.1. The lowest BCUT2D eigenvalue weighted by atomic mass is 10.2. The van der Waals surface area contributed by atoms with Gasteiger partial charge in [0.05, 0.1) is 4.92 Å². The first-order valence-corrected chi connectivity index (χ1v) is 7.11. The highest BCUT2D eigenvalue weighted by atomic mass is 32.2. The van der Waals surface area contributed by atoms with E-state index >= 15 is 0 Å². The average molecular weight is 297 g/mol. The van der Waals surface area contributed by atoms with E-state index in [1.54, 1.807) is 0 Å². The summed E-state index contributed by atoms with van der Waals surface area (Å²) in [6, 6.07) is 1.29. The van der Waals surface area contributed by atoms with Crippen molar-refractivity contribution < 1.29 is 14.8 Å². The lowest BCUT2D eigenvalue weighted by molar-refractivity contribution is -0.385. The molecular formula is C12H15N3O4S. The molecule has 2 unspecified atom stereocenters. The second-order valence-corrected chi connectivity index (χ2v) is 6.67. The van der Waals surface area contributed by atoms with Gasteiger partial charge in [0.15, 0.2) is 0 Å². The zero-order chi connectivity index (χ0) is 14.9. The molecule has 7 nitrogen and oxygen atoms in total. The van der Waals surface area contributed by atoms with Crippen molar-refractivity contribution in [2.75, 3.05) is 18.0 Å². The van der Waals surface area contributed by atoms with E-state index in [1.807, 2.05) is 16.7 Å². The lowest BCUT2D eigenvalue weighted by Crippen LogP contribution is -2.40. The summed E-state index contributed by atoms with van der Waals surface area (Å²) in [7, 11) is 0. The van der Waals surface area contributed by atoms with Gasteiger partial charge in [-0.25, -0.2) is 9.78 Å². The number of pyridine rings is 1. The minimum Gasteiger partial charge on any atom is -0.477 e. The number of nitrogens with zero attached hydrogens (tertiary/aromatic N) is 3. The van der Waals surface area contributed by atoms with Gasteiger partial charge in [-0.2, -0.15) is 11.8 Å². The topological polar surface area (TPSA) is 96.6 Å². The van der Waals surface area contributed by atoms with Crippen LogP contribution in [0.5, 0.6) is 0 Å². The van der Waals surface area contributed by atoms with E-state index in [0.29, 0.717) is 16.3 Å². The zero-order valence-corrected chi connectivity index (χ0v) is 12.0. The SMILES string of the molecule is CC1CN(c2cc(C(=O)O)c([N+](=O)[O-])cn2)CC(C)S1. The van der Waals surface area contributed by atoms with Crippen molar-refractivity contribution in [2.45, 2.75) is 24.3 Å². The molecular weight excluding hydrogens is 282 g/mol. The summed E-state index contributed by atoms with van der Waals surface area (Å²) < 4.78 is 0. The van der Waals surface area contributed by atoms with Gasteiger partial charge in [-0.15, -0.1) is 0 Å². The quantitative estimate of drug-likeness (QED) is 0.673. The summed E-state index contributed by atoms with van der Waals surface area (Å²) >= 11 is 1.86. The Morgan fingerprint density at radius 2 is 2.10 bits per heavy atom. The van der Waals surface area contributed by atoms with Crippen LogP contribution in [0.15, 0.2) is 12.3 Å². The number of carboxylic acids is 1. The number of aromatic nitrogens is 1. The molecule has 2 heterocycles. The van der Waals surface area contributed by atoms with Crippen molar-refractivity contribution in [1.82, 2.24) is 4.98 Å². The highest BCUT2D eigenvalue weighted by molar-refractivity contribution is 8.00. The van der Waals surface area contributed by atoms with E-state index < -0.39 is 16.6 Å². The number of rotatable bonds is 3. The maximum atomic E-state index is 11.1. The highest BCUT2D eigenvalue weighted by Crippen LogP contribution is 2.29. The number of anilines is 1. The summed E-state index contributed by atoms with van der Waals surface area (Å²) in [5.74, 6) is -0.833. The maximum absolute atomic E-state index is 11.1. The summed E-state index contributed by atoms with van der Waals surface area (Å²) in [6.07, 6.45) is 1.02. The molecule has 1 aliphatic heterocycles. The first-order valence-electron chi connectivity index (χ1n) is 6.16. The molecule has 0 spiro atoms. The Hall–Kier alpha value is -1.83. The Morgan fingerprint density at radius 1 is 1.50 bits per heavy atom. The molecule has 1 aromatic rings. The van der Waals surface area contributed by atoms with Gasteiger partial charge < -0.3 is 10.0 Å². The molecule has 1 aliphatic rings. The molecule has 0 aliphatic carbocycles. The van der Waals surface area contributed by atoms with Crippen LogP contribution in [0.1, 0.15) is 24.2 Å². The highest BCUT2D eigenvalue weighted by Gasteiger charge is 2.26. The van der Waals surface area contributed by atoms with Crippen molar-refractivity contribution in [3.05, 3.63) is 27.9 Å². The summed E-state index contributed by atoms with van der Waals surface area (Å²) in [6.45, 7) is 5.69. The second-order valence-electron chi connectivity index (χ2n) is 4.78. The first kappa shape index (κ1) is 14.6. The van der Waals surface area contributed by atoms with Gasteiger partial charge in [0.1, 0.15) is 17.6 Å². The number of carbonyl (C=O) groups is 1. The van der Waals surface area contributed by atoms with Crippen LogP contribution in [0, 0.1) is 10.1 Å². The fourth-order valence-electron chi connectivity index (χ4n) is 2.29. The van der Waals surface area contributed by atoms with Gasteiger partial charge in [-0.3, -0.25) is 10.1 Å². The minimum absolute atomic E-state index is 0.321. The molecule has 1 N–H and O–H groups in total. The van der Waals surface area contributed by atoms with Crippen LogP contribution in [0.4, 0.5) is 11.5 Å². The number of thioether (sulfide) groups is 1. The van der Waals surface area contributed by atoms with E-state index in [9.17, 15) is 14.9 Å². The molecule has 0 amide bonds. The van der Waals surface area contributed by atoms with Gasteiger partial charge in [0, 0.05) is 29.7 Å². The third-order valence-electron chi connectivity index (χ3n) is 3.04. The normalized spacial score (nSPS) is 22.6. The van der Waals surface area contributed by atoms with Crippen LogP contribution in [-0.4, -0.2) is 44.6 Å². The van der Waals surface area contributed by atoms with Crippen LogP contribution in [0.3, 0.4) is 0 Å². The number of aromatic carboxylic acids is 1. The third-order valence-corrected chi connectivity index (χ3v) is 4.27. The van der Waals surface area contributed by atoms with E-state index in [2.05, 4.69) is 18.8 Å². The van der Waals surface area contributed by atoms with Crippen molar-refractivity contribution in [3.8, 4) is 0 Å². The fourth-order valence-corrected chi connectivity index (χ4v) is 3.62. The van der Waals surface area contributed by atoms with Crippen molar-refractivity contribution in [1.29, 1.82) is 0 Å². The molecule has 0 radical (unpaired) electrons. The second kappa shape index (κ2) is 5.66. The molecule has 0 bridgehead atoms. The van der Waals surface area contributed by atoms with Crippen LogP contribution in [-0.2, 0) is 0 Å². The molecule has 108 valence electrons. The van der Waals surface area contributed by atoms with Gasteiger partial charge in [-0.1, -0.05) is 13.8 Å². The van der Waals surface area contributed by atoms with Crippen molar-refractivity contribution in [3.63, 3.8) is 0 Å². The van der Waals surface area contributed by atoms with E-state index in [4.69, 9.17) is 5.11 Å². The fraction of sp³-hybridized carbons (Fsp3) is 0.500. The molecule has 1 saturated heterocycles. The van der Waals surface area contributed by atoms with E-state index in [0.717, 1.165) is 19.3 Å². The molecule has 8 heteroatoms. The molecule has 1 aromatic heterocycles. The van der Waals surface area contributed by atoms with Crippen LogP contribution in [0.25, 0.3) is 0 Å². The van der Waals surface area contributed by atoms with Gasteiger partial charge in [-0.05, 0) is 0 Å². The monoisotopic (exact) mass is 297 g/mol. The predicted octanol–water partition coefficient (Wildman–Crippen LogP) is 2.02. The number of hydrogen-bond donors (Lipinski definition) is 1. The average Bonchev–Trinajstić information content (AvgIpc) is 2.36. The summed E-state index contributed by atoms with van der Waals surface area (Å²) in [5, 5.41) is 20.7. The van der Waals surface area contributed by atoms with Gasteiger partial charge in [0.2, 0.25) is 0 Å². The van der Waals surface area contributed by atoms with Gasteiger partial charge >= 0.3 is 11.7 Å². The Kier molecular flexibility index (Phi) is 4.12. The lowest BCUT2D eigenvalue weighted by Gasteiger charge is -2.35. The molecule has 2 rings (SSSR count). The largest absolute Gasteiger partial charge is 0.477 e. The van der Waals surface area contributed by atoms with E-state index in [-0.39, 0.29) is 5.56 Å². The van der Waals surface area contributed by atoms with Crippen molar-refractivity contribution in [2.24, 2.45) is 0 Å². The predicted molar refractivity (Wildman–Crippen MR) is 76.6 cm³/mol. The Morgan fingerprint density at radius 3 is 2.60 bits per heavy atom. The van der Waals surface area contributed by atoms with E-state index in [1.165, 1.54) is 6.07 Å². The Balaban J connectivity index is 2.36. The molecule has 0 aromatic carbocycles. The number of nitro groups is 1. The molecule has 2 atom stereocenters. The Bertz CT molecular complexity index is 542.